The second-order valence-electron chi connectivity index (χ2n) is 8.96. The van der Waals surface area contributed by atoms with Crippen LogP contribution in [-0.2, 0) is 10.2 Å². The van der Waals surface area contributed by atoms with Crippen molar-refractivity contribution in [2.24, 2.45) is 0 Å². The van der Waals surface area contributed by atoms with Crippen LogP contribution in [0.5, 0.6) is 0 Å². The normalized spacial score (nSPS) is 10.8. The van der Waals surface area contributed by atoms with Crippen LogP contribution in [0.15, 0.2) is 67.3 Å². The second-order valence-corrected chi connectivity index (χ2v) is 8.96. The predicted molar refractivity (Wildman–Crippen MR) is 142 cm³/mol. The first-order valence-corrected chi connectivity index (χ1v) is 11.6. The molecule has 0 unspecified atom stereocenters. The highest BCUT2D eigenvalue weighted by Gasteiger charge is 2.22. The van der Waals surface area contributed by atoms with Crippen LogP contribution >= 0.6 is 0 Å². The lowest BCUT2D eigenvalue weighted by Crippen LogP contribution is -2.18. The van der Waals surface area contributed by atoms with Crippen molar-refractivity contribution in [3.8, 4) is 28.5 Å². The molecular weight excluding hydrogens is 482 g/mol. The van der Waals surface area contributed by atoms with Gasteiger partial charge in [-0.05, 0) is 50.6 Å². The number of rotatable bonds is 6. The van der Waals surface area contributed by atoms with E-state index in [0.717, 1.165) is 22.4 Å². The van der Waals surface area contributed by atoms with E-state index >= 15 is 0 Å². The molecular formula is C28H25N7O3. The van der Waals surface area contributed by atoms with Gasteiger partial charge in [0.2, 0.25) is 0 Å². The van der Waals surface area contributed by atoms with Crippen LogP contribution in [0.2, 0.25) is 0 Å². The summed E-state index contributed by atoms with van der Waals surface area (Å²) in [6.45, 7) is 5.38. The third-order valence-corrected chi connectivity index (χ3v) is 5.84. The number of hydrogen-bond acceptors (Lipinski definition) is 8. The molecule has 2 N–H and O–H groups in total. The fourth-order valence-electron chi connectivity index (χ4n) is 3.65. The first-order valence-electron chi connectivity index (χ1n) is 11.6. The maximum Gasteiger partial charge on any atom is 0.412 e. The van der Waals surface area contributed by atoms with E-state index < -0.39 is 11.5 Å². The Morgan fingerprint density at radius 1 is 0.974 bits per heavy atom. The predicted octanol–water partition coefficient (Wildman–Crippen LogP) is 5.14. The summed E-state index contributed by atoms with van der Waals surface area (Å²) < 4.78 is 4.62. The van der Waals surface area contributed by atoms with Crippen molar-refractivity contribution in [1.82, 2.24) is 19.9 Å². The van der Waals surface area contributed by atoms with Crippen LogP contribution < -0.4 is 10.6 Å². The number of benzene rings is 1. The SMILES string of the molecule is COC(=O)Nc1cc(-c2cccc(-c3cc(NC(=O)c4ccnc(C(C)(C)C#N)c4)cnc3C)c2)ncn1. The van der Waals surface area contributed by atoms with Gasteiger partial charge >= 0.3 is 6.09 Å². The maximum absolute atomic E-state index is 13.0. The van der Waals surface area contributed by atoms with Gasteiger partial charge in [-0.1, -0.05) is 18.2 Å². The highest BCUT2D eigenvalue weighted by Crippen LogP contribution is 2.29. The van der Waals surface area contributed by atoms with E-state index in [1.165, 1.54) is 19.6 Å². The highest BCUT2D eigenvalue weighted by atomic mass is 16.5. The number of amides is 2. The summed E-state index contributed by atoms with van der Waals surface area (Å²) in [5.74, 6) is -0.0217. The van der Waals surface area contributed by atoms with E-state index in [9.17, 15) is 14.9 Å². The van der Waals surface area contributed by atoms with Gasteiger partial charge < -0.3 is 10.1 Å². The van der Waals surface area contributed by atoms with E-state index in [-0.39, 0.29) is 5.91 Å². The molecule has 0 aliphatic rings. The lowest BCUT2D eigenvalue weighted by Gasteiger charge is -2.15. The number of ether oxygens (including phenoxy) is 1. The van der Waals surface area contributed by atoms with Gasteiger partial charge in [0.05, 0.1) is 41.9 Å². The number of carbonyl (C=O) groups is 2. The molecule has 0 radical (unpaired) electrons. The average molecular weight is 508 g/mol. The minimum Gasteiger partial charge on any atom is -0.453 e. The Morgan fingerprint density at radius 2 is 1.76 bits per heavy atom. The zero-order valence-electron chi connectivity index (χ0n) is 21.3. The molecule has 3 aromatic heterocycles. The van der Waals surface area contributed by atoms with Crippen molar-refractivity contribution < 1.29 is 14.3 Å². The van der Waals surface area contributed by atoms with Gasteiger partial charge in [-0.3, -0.25) is 20.1 Å². The summed E-state index contributed by atoms with van der Waals surface area (Å²) >= 11 is 0. The Morgan fingerprint density at radius 3 is 2.53 bits per heavy atom. The summed E-state index contributed by atoms with van der Waals surface area (Å²) in [6.07, 6.45) is 3.85. The number of anilines is 2. The van der Waals surface area contributed by atoms with E-state index in [1.54, 1.807) is 38.2 Å². The number of nitrogens with one attached hydrogen (secondary N) is 2. The van der Waals surface area contributed by atoms with E-state index in [4.69, 9.17) is 0 Å². The number of methoxy groups -OCH3 is 1. The third kappa shape index (κ3) is 5.79. The average Bonchev–Trinajstić information content (AvgIpc) is 2.94. The Kier molecular flexibility index (Phi) is 7.39. The minimum absolute atomic E-state index is 0.312. The van der Waals surface area contributed by atoms with E-state index in [1.807, 2.05) is 37.3 Å². The first-order chi connectivity index (χ1) is 18.2. The van der Waals surface area contributed by atoms with Gasteiger partial charge in [0.1, 0.15) is 12.1 Å². The van der Waals surface area contributed by atoms with Gasteiger partial charge in [0.15, 0.2) is 0 Å². The molecule has 4 rings (SSSR count). The topological polar surface area (TPSA) is 143 Å². The molecule has 0 spiro atoms. The molecule has 0 saturated carbocycles. The zero-order valence-corrected chi connectivity index (χ0v) is 21.3. The molecule has 0 bridgehead atoms. The smallest absolute Gasteiger partial charge is 0.412 e. The number of aryl methyl sites for hydroxylation is 1. The summed E-state index contributed by atoms with van der Waals surface area (Å²) in [7, 11) is 1.28. The monoisotopic (exact) mass is 507 g/mol. The lowest BCUT2D eigenvalue weighted by atomic mass is 9.90. The highest BCUT2D eigenvalue weighted by molar-refractivity contribution is 6.04. The van der Waals surface area contributed by atoms with Crippen molar-refractivity contribution >= 4 is 23.5 Å². The van der Waals surface area contributed by atoms with Crippen LogP contribution in [0.3, 0.4) is 0 Å². The summed E-state index contributed by atoms with van der Waals surface area (Å²) in [6, 6.07) is 16.6. The van der Waals surface area contributed by atoms with Crippen molar-refractivity contribution in [3.63, 3.8) is 0 Å². The second kappa shape index (κ2) is 10.8. The fourth-order valence-corrected chi connectivity index (χ4v) is 3.65. The third-order valence-electron chi connectivity index (χ3n) is 5.84. The summed E-state index contributed by atoms with van der Waals surface area (Å²) in [5.41, 5.74) is 4.49. The Bertz CT molecular complexity index is 1560. The molecule has 10 heteroatoms. The molecule has 3 heterocycles. The van der Waals surface area contributed by atoms with Crippen molar-refractivity contribution in [2.75, 3.05) is 17.7 Å². The van der Waals surface area contributed by atoms with Crippen molar-refractivity contribution in [2.45, 2.75) is 26.2 Å². The largest absolute Gasteiger partial charge is 0.453 e. The fraction of sp³-hybridized carbons (Fsp3) is 0.179. The number of nitriles is 1. The van der Waals surface area contributed by atoms with Gasteiger partial charge in [-0.2, -0.15) is 5.26 Å². The first kappa shape index (κ1) is 25.9. The Balaban J connectivity index is 1.60. The lowest BCUT2D eigenvalue weighted by molar-refractivity contribution is 0.102. The molecule has 10 nitrogen and oxygen atoms in total. The molecule has 1 aromatic carbocycles. The molecule has 0 fully saturated rings. The van der Waals surface area contributed by atoms with Crippen LogP contribution in [0, 0.1) is 18.3 Å². The molecule has 0 saturated heterocycles. The molecule has 190 valence electrons. The number of nitrogens with zero attached hydrogens (tertiary/aromatic N) is 5. The van der Waals surface area contributed by atoms with Gasteiger partial charge in [-0.25, -0.2) is 14.8 Å². The molecule has 4 aromatic rings. The van der Waals surface area contributed by atoms with Crippen molar-refractivity contribution in [3.05, 3.63) is 84.2 Å². The van der Waals surface area contributed by atoms with Crippen LogP contribution in [0.1, 0.15) is 35.6 Å². The van der Waals surface area contributed by atoms with Gasteiger partial charge in [0, 0.05) is 34.6 Å². The van der Waals surface area contributed by atoms with Crippen LogP contribution in [0.4, 0.5) is 16.3 Å². The number of hydrogen-bond donors (Lipinski definition) is 2. The van der Waals surface area contributed by atoms with Gasteiger partial charge in [0.25, 0.3) is 5.91 Å². The Labute approximate surface area is 219 Å². The molecule has 38 heavy (non-hydrogen) atoms. The van der Waals surface area contributed by atoms with Crippen LogP contribution in [0.25, 0.3) is 22.4 Å². The number of carbonyl (C=O) groups excluding carboxylic acids is 2. The number of aromatic nitrogens is 4. The Hall–Kier alpha value is -5.17. The minimum atomic E-state index is -0.820. The summed E-state index contributed by atoms with van der Waals surface area (Å²) in [4.78, 5) is 41.6. The van der Waals surface area contributed by atoms with E-state index in [0.29, 0.717) is 28.5 Å². The standard InChI is InChI=1S/C28H25N7O3/c1-17-22(18-6-5-7-19(10-18)23-13-25(33-16-32-23)35-27(37)38-4)12-21(14-31-17)34-26(36)20-8-9-30-24(11-20)28(2,3)15-29/h5-14,16H,1-4H3,(H,34,36)(H,32,33,35,37). The molecule has 2 amide bonds. The van der Waals surface area contributed by atoms with E-state index in [2.05, 4.69) is 41.4 Å². The van der Waals surface area contributed by atoms with Gasteiger partial charge in [-0.15, -0.1) is 0 Å². The number of pyridine rings is 2. The molecule has 0 atom stereocenters. The quantitative estimate of drug-likeness (QED) is 0.365. The molecule has 0 aliphatic heterocycles. The maximum atomic E-state index is 13.0. The van der Waals surface area contributed by atoms with Crippen molar-refractivity contribution in [1.29, 1.82) is 5.26 Å². The van der Waals surface area contributed by atoms with Crippen LogP contribution in [-0.4, -0.2) is 39.0 Å². The summed E-state index contributed by atoms with van der Waals surface area (Å²) in [5, 5.41) is 14.8. The zero-order chi connectivity index (χ0) is 27.3. The molecule has 0 aliphatic carbocycles.